The monoisotopic (exact) mass is 556 g/mol. The van der Waals surface area contributed by atoms with Gasteiger partial charge in [0.1, 0.15) is 0 Å². The highest BCUT2D eigenvalue weighted by Gasteiger charge is 2.42. The summed E-state index contributed by atoms with van der Waals surface area (Å²) in [4.78, 5) is 24.1. The number of nitrogens with one attached hydrogen (secondary N) is 2. The first-order chi connectivity index (χ1) is 17.9. The second kappa shape index (κ2) is 13.2. The highest BCUT2D eigenvalue weighted by atomic mass is 32.2. The number of carbonyl (C=O) groups excluding carboxylic acids is 2. The van der Waals surface area contributed by atoms with E-state index in [0.29, 0.717) is 11.9 Å². The number of fused-ring (bicyclic) bond motifs is 1. The van der Waals surface area contributed by atoms with Crippen molar-refractivity contribution in [2.24, 2.45) is 0 Å². The van der Waals surface area contributed by atoms with Gasteiger partial charge in [-0.1, -0.05) is 52.9 Å². The molecule has 2 aliphatic heterocycles. The predicted molar refractivity (Wildman–Crippen MR) is 141 cm³/mol. The van der Waals surface area contributed by atoms with Crippen molar-refractivity contribution in [3.8, 4) is 11.1 Å². The quantitative estimate of drug-likeness (QED) is 0.158. The van der Waals surface area contributed by atoms with Crippen LogP contribution in [0.1, 0.15) is 37.1 Å². The lowest BCUT2D eigenvalue weighted by atomic mass is 10.0. The number of benzene rings is 1. The van der Waals surface area contributed by atoms with Gasteiger partial charge < -0.3 is 32.6 Å². The van der Waals surface area contributed by atoms with E-state index in [0.717, 1.165) is 54.0 Å². The zero-order chi connectivity index (χ0) is 27.9. The number of thioether (sulfide) groups is 1. The molecule has 1 aromatic carbocycles. The molecule has 0 spiro atoms. The fraction of sp³-hybridized carbons (Fsp3) is 0.480. The molecule has 38 heavy (non-hydrogen) atoms. The van der Waals surface area contributed by atoms with Crippen LogP contribution in [0.25, 0.3) is 11.1 Å². The van der Waals surface area contributed by atoms with E-state index in [2.05, 4.69) is 34.9 Å². The molecular formula is C25H33BF4N4O3S. The van der Waals surface area contributed by atoms with Gasteiger partial charge in [-0.05, 0) is 24.0 Å². The number of amides is 3. The number of ether oxygens (including phenoxy) is 1. The maximum absolute atomic E-state index is 12.6. The standard InChI is InChI=1S/C25H32N4O3S.BF4/c1-17-14-20(19-10-6-4-7-11-19)15-18(2)29(17)28(3)25(31)32-13-9-5-8-12-22-23-21(16-33-22)26-24(30)27-23;2-1(3,4)5/h4,6-7,10-11,14-15,21-23H,5,8-9,12-13,16H2,1-3H3,(H-,26,27,30);/q;-1/p+1/t21-,22-,23-;/m0./s1. The molecule has 2 N–H and O–H groups in total. The lowest BCUT2D eigenvalue weighted by molar-refractivity contribution is -0.692. The highest BCUT2D eigenvalue weighted by molar-refractivity contribution is 8.00. The van der Waals surface area contributed by atoms with Crippen LogP contribution in [0.3, 0.4) is 0 Å². The third kappa shape index (κ3) is 8.54. The molecule has 208 valence electrons. The van der Waals surface area contributed by atoms with Gasteiger partial charge in [-0.25, -0.2) is 9.59 Å². The zero-order valence-corrected chi connectivity index (χ0v) is 22.4. The van der Waals surface area contributed by atoms with Gasteiger partial charge in [0.2, 0.25) is 11.4 Å². The van der Waals surface area contributed by atoms with Crippen molar-refractivity contribution in [3.05, 3.63) is 53.9 Å². The first-order valence-electron chi connectivity index (χ1n) is 12.5. The number of rotatable bonds is 8. The molecule has 3 heterocycles. The Bertz CT molecular complexity index is 1080. The van der Waals surface area contributed by atoms with Crippen LogP contribution in [0.5, 0.6) is 0 Å². The largest absolute Gasteiger partial charge is 0.673 e. The summed E-state index contributed by atoms with van der Waals surface area (Å²) in [5.74, 6) is 0.987. The molecule has 2 fully saturated rings. The molecule has 2 aliphatic rings. The topological polar surface area (TPSA) is 74.5 Å². The van der Waals surface area contributed by atoms with Gasteiger partial charge in [-0.3, -0.25) is 0 Å². The number of pyridine rings is 1. The van der Waals surface area contributed by atoms with Gasteiger partial charge in [-0.15, -0.1) is 0 Å². The van der Waals surface area contributed by atoms with Gasteiger partial charge in [0.25, 0.3) is 0 Å². The fourth-order valence-electron chi connectivity index (χ4n) is 4.76. The van der Waals surface area contributed by atoms with E-state index in [1.165, 1.54) is 5.01 Å². The molecule has 2 aromatic rings. The predicted octanol–water partition coefficient (Wildman–Crippen LogP) is 4.99. The second-order valence-electron chi connectivity index (χ2n) is 9.31. The van der Waals surface area contributed by atoms with Crippen molar-refractivity contribution in [2.45, 2.75) is 56.9 Å². The van der Waals surface area contributed by atoms with E-state index in [9.17, 15) is 26.9 Å². The lowest BCUT2D eigenvalue weighted by Gasteiger charge is -2.17. The lowest BCUT2D eigenvalue weighted by Crippen LogP contribution is -2.62. The highest BCUT2D eigenvalue weighted by Crippen LogP contribution is 2.33. The summed E-state index contributed by atoms with van der Waals surface area (Å²) >= 11 is 1.94. The van der Waals surface area contributed by atoms with E-state index < -0.39 is 7.25 Å². The van der Waals surface area contributed by atoms with E-state index >= 15 is 0 Å². The molecule has 3 amide bonds. The van der Waals surface area contributed by atoms with Crippen LogP contribution in [-0.2, 0) is 4.74 Å². The summed E-state index contributed by atoms with van der Waals surface area (Å²) in [5.41, 5.74) is 4.21. The molecular weight excluding hydrogens is 523 g/mol. The third-order valence-corrected chi connectivity index (χ3v) is 7.87. The summed E-state index contributed by atoms with van der Waals surface area (Å²) in [6, 6.07) is 14.9. The number of aromatic nitrogens is 1. The van der Waals surface area contributed by atoms with Gasteiger partial charge in [-0.2, -0.15) is 11.8 Å². The van der Waals surface area contributed by atoms with Crippen LogP contribution in [0.4, 0.5) is 26.9 Å². The van der Waals surface area contributed by atoms with Crippen LogP contribution < -0.4 is 20.3 Å². The average molecular weight is 556 g/mol. The number of aryl methyl sites for hydroxylation is 2. The van der Waals surface area contributed by atoms with Gasteiger partial charge in [0.05, 0.1) is 25.7 Å². The number of unbranched alkanes of at least 4 members (excludes halogenated alkanes) is 2. The first kappa shape index (κ1) is 29.6. The van der Waals surface area contributed by atoms with Crippen molar-refractivity contribution in [2.75, 3.05) is 24.4 Å². The first-order valence-corrected chi connectivity index (χ1v) is 13.5. The van der Waals surface area contributed by atoms with Gasteiger partial charge in [0, 0.05) is 37.0 Å². The average Bonchev–Trinajstić information content (AvgIpc) is 3.39. The Kier molecular flexibility index (Phi) is 10.3. The van der Waals surface area contributed by atoms with Crippen LogP contribution in [0.2, 0.25) is 0 Å². The fourth-order valence-corrected chi connectivity index (χ4v) is 6.31. The van der Waals surface area contributed by atoms with Gasteiger partial charge >= 0.3 is 19.4 Å². The molecule has 4 rings (SSSR count). The smallest absolute Gasteiger partial charge is 0.446 e. The Morgan fingerprint density at radius 1 is 1.05 bits per heavy atom. The van der Waals surface area contributed by atoms with E-state index in [4.69, 9.17) is 4.74 Å². The van der Waals surface area contributed by atoms with Crippen molar-refractivity contribution >= 4 is 31.1 Å². The molecule has 0 aliphatic carbocycles. The number of hydrogen-bond acceptors (Lipinski definition) is 4. The zero-order valence-electron chi connectivity index (χ0n) is 21.6. The number of nitrogens with zero attached hydrogens (tertiary/aromatic N) is 2. The Balaban J connectivity index is 0.000000732. The molecule has 3 atom stereocenters. The Hall–Kier alpha value is -2.96. The molecule has 7 nitrogen and oxygen atoms in total. The van der Waals surface area contributed by atoms with Crippen molar-refractivity contribution < 1.29 is 36.3 Å². The van der Waals surface area contributed by atoms with E-state index in [1.807, 2.05) is 48.5 Å². The number of carbonyl (C=O) groups is 2. The van der Waals surface area contributed by atoms with E-state index in [-0.39, 0.29) is 24.2 Å². The van der Waals surface area contributed by atoms with Gasteiger partial charge in [0.15, 0.2) is 0 Å². The molecule has 0 bridgehead atoms. The van der Waals surface area contributed by atoms with E-state index in [1.54, 1.807) is 7.05 Å². The maximum atomic E-state index is 12.6. The molecule has 2 saturated heterocycles. The molecule has 13 heteroatoms. The maximum Gasteiger partial charge on any atom is 0.673 e. The van der Waals surface area contributed by atoms with Crippen LogP contribution in [0, 0.1) is 13.8 Å². The SMILES string of the molecule is Cc1cc(-c2ccccc2)cc(C)[n+]1N(C)C(=O)OCCCCC[C@@H]1SC[C@@H]2NC(=O)N[C@@H]21.F[B-](F)(F)F. The third-order valence-electron chi connectivity index (χ3n) is 6.36. The minimum absolute atomic E-state index is 0.0376. The summed E-state index contributed by atoms with van der Waals surface area (Å²) < 4.78 is 46.4. The summed E-state index contributed by atoms with van der Waals surface area (Å²) in [6.07, 6.45) is 3.63. The molecule has 0 radical (unpaired) electrons. The Morgan fingerprint density at radius 2 is 1.68 bits per heavy atom. The van der Waals surface area contributed by atoms with Crippen molar-refractivity contribution in [3.63, 3.8) is 0 Å². The Labute approximate surface area is 224 Å². The number of urea groups is 1. The normalized spacial score (nSPS) is 20.1. The number of halogens is 4. The van der Waals surface area contributed by atoms with Crippen molar-refractivity contribution in [1.29, 1.82) is 0 Å². The molecule has 1 aromatic heterocycles. The van der Waals surface area contributed by atoms with Crippen molar-refractivity contribution in [1.82, 2.24) is 10.6 Å². The minimum Gasteiger partial charge on any atom is -0.446 e. The number of hydrogen-bond donors (Lipinski definition) is 2. The summed E-state index contributed by atoms with van der Waals surface area (Å²) in [6.45, 7) is 4.40. The minimum atomic E-state index is -6.00. The van der Waals surface area contributed by atoms with Crippen LogP contribution in [0.15, 0.2) is 42.5 Å². The van der Waals surface area contributed by atoms with Crippen LogP contribution in [-0.4, -0.2) is 56.1 Å². The molecule has 0 unspecified atom stereocenters. The second-order valence-corrected chi connectivity index (χ2v) is 10.6. The Morgan fingerprint density at radius 3 is 2.32 bits per heavy atom. The molecule has 0 saturated carbocycles. The van der Waals surface area contributed by atoms with Crippen LogP contribution >= 0.6 is 11.8 Å². The summed E-state index contributed by atoms with van der Waals surface area (Å²) in [7, 11) is -4.26. The summed E-state index contributed by atoms with van der Waals surface area (Å²) in [5, 5.41) is 8.02.